The molecule has 0 aromatic heterocycles. The minimum absolute atomic E-state index is 0.0362. The lowest BCUT2D eigenvalue weighted by molar-refractivity contribution is -0.122. The van der Waals surface area contributed by atoms with Crippen LogP contribution < -0.4 is 10.2 Å². The van der Waals surface area contributed by atoms with Gasteiger partial charge in [0.25, 0.3) is 0 Å². The molecule has 2 aliphatic rings. The van der Waals surface area contributed by atoms with Crippen LogP contribution >= 0.6 is 0 Å². The molecule has 4 heteroatoms. The van der Waals surface area contributed by atoms with Crippen molar-refractivity contribution in [1.29, 1.82) is 0 Å². The van der Waals surface area contributed by atoms with Gasteiger partial charge in [0, 0.05) is 30.3 Å². The summed E-state index contributed by atoms with van der Waals surface area (Å²) in [4.78, 5) is 26.4. The van der Waals surface area contributed by atoms with E-state index in [9.17, 15) is 9.59 Å². The van der Waals surface area contributed by atoms with Gasteiger partial charge in [0.15, 0.2) is 0 Å². The van der Waals surface area contributed by atoms with Gasteiger partial charge in [0.05, 0.1) is 0 Å². The van der Waals surface area contributed by atoms with E-state index in [0.29, 0.717) is 6.42 Å². The zero-order valence-corrected chi connectivity index (χ0v) is 13.2. The van der Waals surface area contributed by atoms with Crippen LogP contribution in [0.25, 0.3) is 0 Å². The predicted molar refractivity (Wildman–Crippen MR) is 88.0 cm³/mol. The summed E-state index contributed by atoms with van der Waals surface area (Å²) in [7, 11) is 0. The summed E-state index contributed by atoms with van der Waals surface area (Å²) in [5.74, 6) is 0.506. The topological polar surface area (TPSA) is 49.4 Å². The summed E-state index contributed by atoms with van der Waals surface area (Å²) in [5.41, 5.74) is 2.99. The van der Waals surface area contributed by atoms with Crippen LogP contribution in [0.5, 0.6) is 0 Å². The van der Waals surface area contributed by atoms with Crippen molar-refractivity contribution in [2.75, 3.05) is 16.8 Å². The monoisotopic (exact) mass is 300 g/mol. The standard InChI is InChI=1S/C18H24N2O2/c1-2-5-17(21)19-15-9-8-13-10-11-20(16(13)12-15)18(22)14-6-3-4-7-14/h8-9,12,14H,2-7,10-11H2,1H3,(H,19,21). The van der Waals surface area contributed by atoms with E-state index in [4.69, 9.17) is 0 Å². The Balaban J connectivity index is 1.76. The van der Waals surface area contributed by atoms with Crippen LogP contribution in [-0.2, 0) is 16.0 Å². The third-order valence-electron chi connectivity index (χ3n) is 4.71. The van der Waals surface area contributed by atoms with Crippen molar-refractivity contribution >= 4 is 23.2 Å². The molecule has 1 aliphatic carbocycles. The van der Waals surface area contributed by atoms with Crippen LogP contribution in [-0.4, -0.2) is 18.4 Å². The molecule has 1 aromatic carbocycles. The summed E-state index contributed by atoms with van der Waals surface area (Å²) >= 11 is 0. The van der Waals surface area contributed by atoms with E-state index in [1.807, 2.05) is 30.0 Å². The molecule has 0 spiro atoms. The second-order valence-electron chi connectivity index (χ2n) is 6.36. The third-order valence-corrected chi connectivity index (χ3v) is 4.71. The second-order valence-corrected chi connectivity index (χ2v) is 6.36. The zero-order chi connectivity index (χ0) is 15.5. The van der Waals surface area contributed by atoms with E-state index in [0.717, 1.165) is 43.6 Å². The third kappa shape index (κ3) is 3.01. The molecule has 3 rings (SSSR count). The van der Waals surface area contributed by atoms with E-state index < -0.39 is 0 Å². The maximum atomic E-state index is 12.7. The maximum Gasteiger partial charge on any atom is 0.230 e. The quantitative estimate of drug-likeness (QED) is 0.925. The molecule has 0 bridgehead atoms. The lowest BCUT2D eigenvalue weighted by Crippen LogP contribution is -2.33. The first-order chi connectivity index (χ1) is 10.7. The molecular formula is C18H24N2O2. The zero-order valence-electron chi connectivity index (χ0n) is 13.2. The van der Waals surface area contributed by atoms with Gasteiger partial charge in [0.1, 0.15) is 0 Å². The van der Waals surface area contributed by atoms with Crippen molar-refractivity contribution in [3.05, 3.63) is 23.8 Å². The number of fused-ring (bicyclic) bond motifs is 1. The molecule has 0 saturated heterocycles. The molecule has 22 heavy (non-hydrogen) atoms. The number of hydrogen-bond donors (Lipinski definition) is 1. The van der Waals surface area contributed by atoms with Crippen molar-refractivity contribution in [1.82, 2.24) is 0 Å². The van der Waals surface area contributed by atoms with Gasteiger partial charge in [-0.1, -0.05) is 25.8 Å². The van der Waals surface area contributed by atoms with Crippen LogP contribution in [0.4, 0.5) is 11.4 Å². The van der Waals surface area contributed by atoms with Crippen LogP contribution in [0, 0.1) is 5.92 Å². The molecule has 4 nitrogen and oxygen atoms in total. The molecule has 1 heterocycles. The number of nitrogens with zero attached hydrogens (tertiary/aromatic N) is 1. The Kier molecular flexibility index (Phi) is 4.46. The van der Waals surface area contributed by atoms with Gasteiger partial charge < -0.3 is 10.2 Å². The van der Waals surface area contributed by atoms with Gasteiger partial charge >= 0.3 is 0 Å². The highest BCUT2D eigenvalue weighted by molar-refractivity contribution is 5.98. The van der Waals surface area contributed by atoms with Gasteiger partial charge in [-0.25, -0.2) is 0 Å². The average Bonchev–Trinajstić information content (AvgIpc) is 3.16. The van der Waals surface area contributed by atoms with E-state index >= 15 is 0 Å². The van der Waals surface area contributed by atoms with Crippen molar-refractivity contribution in [3.8, 4) is 0 Å². The predicted octanol–water partition coefficient (Wildman–Crippen LogP) is 3.50. The normalized spacial score (nSPS) is 17.6. The Morgan fingerprint density at radius 2 is 2.05 bits per heavy atom. The first kappa shape index (κ1) is 15.1. The number of carbonyl (C=O) groups excluding carboxylic acids is 2. The summed E-state index contributed by atoms with van der Waals surface area (Å²) in [6, 6.07) is 5.94. The number of amides is 2. The molecule has 0 atom stereocenters. The minimum atomic E-state index is 0.0362. The molecule has 118 valence electrons. The number of benzene rings is 1. The first-order valence-electron chi connectivity index (χ1n) is 8.43. The molecule has 2 amide bonds. The van der Waals surface area contributed by atoms with E-state index in [1.54, 1.807) is 0 Å². The molecule has 1 aliphatic heterocycles. The van der Waals surface area contributed by atoms with Gasteiger partial charge in [-0.05, 0) is 43.4 Å². The van der Waals surface area contributed by atoms with Crippen molar-refractivity contribution in [2.45, 2.75) is 51.9 Å². The summed E-state index contributed by atoms with van der Waals surface area (Å²) in [5, 5.41) is 2.92. The van der Waals surface area contributed by atoms with Crippen molar-refractivity contribution in [3.63, 3.8) is 0 Å². The van der Waals surface area contributed by atoms with Crippen LogP contribution in [0.1, 0.15) is 51.0 Å². The minimum Gasteiger partial charge on any atom is -0.326 e. The lowest BCUT2D eigenvalue weighted by atomic mass is 10.1. The lowest BCUT2D eigenvalue weighted by Gasteiger charge is -2.21. The van der Waals surface area contributed by atoms with Crippen LogP contribution in [0.15, 0.2) is 18.2 Å². The first-order valence-corrected chi connectivity index (χ1v) is 8.43. The number of anilines is 2. The molecular weight excluding hydrogens is 276 g/mol. The largest absolute Gasteiger partial charge is 0.326 e. The fraction of sp³-hybridized carbons (Fsp3) is 0.556. The highest BCUT2D eigenvalue weighted by Gasteiger charge is 2.31. The van der Waals surface area contributed by atoms with Crippen molar-refractivity contribution in [2.24, 2.45) is 5.92 Å². The van der Waals surface area contributed by atoms with E-state index in [2.05, 4.69) is 5.32 Å². The Labute approximate surface area is 131 Å². The van der Waals surface area contributed by atoms with Gasteiger partial charge in [0.2, 0.25) is 11.8 Å². The fourth-order valence-electron chi connectivity index (χ4n) is 3.53. The summed E-state index contributed by atoms with van der Waals surface area (Å²) in [6.07, 6.45) is 6.67. The Bertz CT molecular complexity index is 576. The number of rotatable bonds is 4. The van der Waals surface area contributed by atoms with E-state index in [-0.39, 0.29) is 17.7 Å². The molecule has 0 unspecified atom stereocenters. The Morgan fingerprint density at radius 3 is 2.77 bits per heavy atom. The Morgan fingerprint density at radius 1 is 1.27 bits per heavy atom. The van der Waals surface area contributed by atoms with Crippen molar-refractivity contribution < 1.29 is 9.59 Å². The average molecular weight is 300 g/mol. The highest BCUT2D eigenvalue weighted by Crippen LogP contribution is 2.35. The SMILES string of the molecule is CCCC(=O)Nc1ccc2c(c1)N(C(=O)C1CCCC1)CC2. The smallest absolute Gasteiger partial charge is 0.230 e. The molecule has 1 N–H and O–H groups in total. The van der Waals surface area contributed by atoms with Gasteiger partial charge in [-0.3, -0.25) is 9.59 Å². The molecule has 1 saturated carbocycles. The molecule has 0 radical (unpaired) electrons. The van der Waals surface area contributed by atoms with Crippen LogP contribution in [0.3, 0.4) is 0 Å². The van der Waals surface area contributed by atoms with Gasteiger partial charge in [-0.15, -0.1) is 0 Å². The maximum absolute atomic E-state index is 12.7. The summed E-state index contributed by atoms with van der Waals surface area (Å²) in [6.45, 7) is 2.77. The summed E-state index contributed by atoms with van der Waals surface area (Å²) < 4.78 is 0. The number of nitrogens with one attached hydrogen (secondary N) is 1. The van der Waals surface area contributed by atoms with E-state index in [1.165, 1.54) is 18.4 Å². The number of carbonyl (C=O) groups is 2. The van der Waals surface area contributed by atoms with Crippen LogP contribution in [0.2, 0.25) is 0 Å². The molecule has 1 aromatic rings. The Hall–Kier alpha value is -1.84. The highest BCUT2D eigenvalue weighted by atomic mass is 16.2. The fourth-order valence-corrected chi connectivity index (χ4v) is 3.53. The molecule has 1 fully saturated rings. The second kappa shape index (κ2) is 6.51. The van der Waals surface area contributed by atoms with Gasteiger partial charge in [-0.2, -0.15) is 0 Å². The number of hydrogen-bond acceptors (Lipinski definition) is 2.